The second-order valence-corrected chi connectivity index (χ2v) is 3.76. The molecule has 2 aromatic heterocycles. The Morgan fingerprint density at radius 2 is 2.50 bits per heavy atom. The van der Waals surface area contributed by atoms with Crippen molar-refractivity contribution in [2.45, 2.75) is 0 Å². The molecule has 0 spiro atoms. The highest BCUT2D eigenvalue weighted by molar-refractivity contribution is 5.95. The molecule has 1 amide bonds. The summed E-state index contributed by atoms with van der Waals surface area (Å²) in [6.07, 6.45) is 6.83. The van der Waals surface area contributed by atoms with Gasteiger partial charge in [0.05, 0.1) is 6.61 Å². The third-order valence-corrected chi connectivity index (χ3v) is 2.50. The van der Waals surface area contributed by atoms with E-state index in [0.29, 0.717) is 13.2 Å². The summed E-state index contributed by atoms with van der Waals surface area (Å²) in [5, 5.41) is 3.72. The molecule has 0 aliphatic carbocycles. The van der Waals surface area contributed by atoms with Gasteiger partial charge in [-0.1, -0.05) is 0 Å². The molecule has 0 fully saturated rings. The van der Waals surface area contributed by atoms with Crippen LogP contribution in [-0.2, 0) is 9.53 Å². The van der Waals surface area contributed by atoms with Gasteiger partial charge in [0, 0.05) is 43.1 Å². The lowest BCUT2D eigenvalue weighted by atomic mass is 10.2. The van der Waals surface area contributed by atoms with E-state index in [-0.39, 0.29) is 5.91 Å². The van der Waals surface area contributed by atoms with Gasteiger partial charge in [-0.25, -0.2) is 4.98 Å². The summed E-state index contributed by atoms with van der Waals surface area (Å²) in [6.45, 7) is 1.02. The van der Waals surface area contributed by atoms with Crippen LogP contribution < -0.4 is 5.32 Å². The highest BCUT2D eigenvalue weighted by Crippen LogP contribution is 2.16. The van der Waals surface area contributed by atoms with Crippen molar-refractivity contribution in [3.05, 3.63) is 36.2 Å². The second-order valence-electron chi connectivity index (χ2n) is 3.76. The van der Waals surface area contributed by atoms with Crippen LogP contribution in [0.25, 0.3) is 17.1 Å². The summed E-state index contributed by atoms with van der Waals surface area (Å²) in [5.74, 6) is -0.134. The molecule has 0 bridgehead atoms. The van der Waals surface area contributed by atoms with Crippen LogP contribution in [0.1, 0.15) is 5.56 Å². The van der Waals surface area contributed by atoms with Crippen molar-refractivity contribution < 1.29 is 9.53 Å². The van der Waals surface area contributed by atoms with E-state index in [1.165, 1.54) is 6.08 Å². The molecule has 2 N–H and O–H groups in total. The minimum atomic E-state index is -0.134. The fraction of sp³-hybridized carbons (Fsp3) is 0.231. The number of hydrogen-bond donors (Lipinski definition) is 2. The topological polar surface area (TPSA) is 67.0 Å². The largest absolute Gasteiger partial charge is 0.383 e. The van der Waals surface area contributed by atoms with Gasteiger partial charge in [0.25, 0.3) is 0 Å². The summed E-state index contributed by atoms with van der Waals surface area (Å²) >= 11 is 0. The van der Waals surface area contributed by atoms with Crippen LogP contribution >= 0.6 is 0 Å². The lowest BCUT2D eigenvalue weighted by molar-refractivity contribution is -0.116. The van der Waals surface area contributed by atoms with E-state index in [0.717, 1.165) is 16.6 Å². The molecule has 94 valence electrons. The predicted molar refractivity (Wildman–Crippen MR) is 70.0 cm³/mol. The summed E-state index contributed by atoms with van der Waals surface area (Å²) < 4.78 is 4.85. The Kier molecular flexibility index (Phi) is 4.09. The predicted octanol–water partition coefficient (Wildman–Crippen LogP) is 1.34. The van der Waals surface area contributed by atoms with E-state index in [1.54, 1.807) is 19.4 Å². The lowest BCUT2D eigenvalue weighted by Gasteiger charge is -1.99. The summed E-state index contributed by atoms with van der Waals surface area (Å²) in [6, 6.07) is 3.83. The molecule has 0 aromatic carbocycles. The third-order valence-electron chi connectivity index (χ3n) is 2.50. The van der Waals surface area contributed by atoms with Gasteiger partial charge in [0.15, 0.2) is 0 Å². The summed E-state index contributed by atoms with van der Waals surface area (Å²) in [5.41, 5.74) is 1.76. The standard InChI is InChI=1S/C13H15N3O2/c1-18-8-7-14-12(17)5-4-10-9-16-13-11(10)3-2-6-15-13/h2-6,9H,7-8H2,1H3,(H,14,17)(H,15,16)/b5-4+. The Labute approximate surface area is 105 Å². The zero-order valence-electron chi connectivity index (χ0n) is 10.1. The zero-order chi connectivity index (χ0) is 12.8. The zero-order valence-corrected chi connectivity index (χ0v) is 10.1. The highest BCUT2D eigenvalue weighted by Gasteiger charge is 2.01. The molecule has 0 radical (unpaired) electrons. The van der Waals surface area contributed by atoms with Crippen molar-refractivity contribution in [1.29, 1.82) is 0 Å². The van der Waals surface area contributed by atoms with Crippen LogP contribution in [0, 0.1) is 0 Å². The number of aromatic amines is 1. The molecule has 0 saturated heterocycles. The number of carbonyl (C=O) groups is 1. The van der Waals surface area contributed by atoms with Crippen molar-refractivity contribution in [2.24, 2.45) is 0 Å². The number of H-pyrrole nitrogens is 1. The Bertz CT molecular complexity index is 560. The van der Waals surface area contributed by atoms with Crippen LogP contribution in [0.3, 0.4) is 0 Å². The molecular formula is C13H15N3O2. The van der Waals surface area contributed by atoms with E-state index in [2.05, 4.69) is 15.3 Å². The number of hydrogen-bond acceptors (Lipinski definition) is 3. The number of aromatic nitrogens is 2. The van der Waals surface area contributed by atoms with Gasteiger partial charge in [0.2, 0.25) is 5.91 Å². The molecule has 0 aliphatic heterocycles. The first-order valence-corrected chi connectivity index (χ1v) is 5.68. The molecule has 0 saturated carbocycles. The van der Waals surface area contributed by atoms with Gasteiger partial charge in [-0.15, -0.1) is 0 Å². The molecule has 0 atom stereocenters. The Hall–Kier alpha value is -2.14. The first-order valence-electron chi connectivity index (χ1n) is 5.68. The first-order chi connectivity index (χ1) is 8.81. The summed E-state index contributed by atoms with van der Waals surface area (Å²) in [4.78, 5) is 18.7. The Morgan fingerprint density at radius 3 is 3.33 bits per heavy atom. The number of ether oxygens (including phenoxy) is 1. The van der Waals surface area contributed by atoms with Crippen LogP contribution in [0.5, 0.6) is 0 Å². The van der Waals surface area contributed by atoms with Gasteiger partial charge in [-0.2, -0.15) is 0 Å². The van der Waals surface area contributed by atoms with E-state index >= 15 is 0 Å². The third kappa shape index (κ3) is 2.95. The van der Waals surface area contributed by atoms with Crippen LogP contribution in [0.4, 0.5) is 0 Å². The molecule has 2 rings (SSSR count). The number of carbonyl (C=O) groups excluding carboxylic acids is 1. The number of rotatable bonds is 5. The molecule has 2 heterocycles. The SMILES string of the molecule is COCCNC(=O)/C=C/c1c[nH]c2ncccc12. The van der Waals surface area contributed by atoms with Crippen LogP contribution in [0.2, 0.25) is 0 Å². The number of fused-ring (bicyclic) bond motifs is 1. The lowest BCUT2D eigenvalue weighted by Crippen LogP contribution is -2.24. The number of amides is 1. The van der Waals surface area contributed by atoms with Crippen molar-refractivity contribution in [2.75, 3.05) is 20.3 Å². The monoisotopic (exact) mass is 245 g/mol. The minimum absolute atomic E-state index is 0.134. The first kappa shape index (κ1) is 12.3. The maximum atomic E-state index is 11.5. The minimum Gasteiger partial charge on any atom is -0.383 e. The van der Waals surface area contributed by atoms with Gasteiger partial charge >= 0.3 is 0 Å². The molecule has 18 heavy (non-hydrogen) atoms. The second kappa shape index (κ2) is 5.97. The van der Waals surface area contributed by atoms with E-state index in [9.17, 15) is 4.79 Å². The van der Waals surface area contributed by atoms with Crippen molar-refractivity contribution in [1.82, 2.24) is 15.3 Å². The van der Waals surface area contributed by atoms with Gasteiger partial charge in [-0.3, -0.25) is 4.79 Å². The van der Waals surface area contributed by atoms with E-state index in [4.69, 9.17) is 4.74 Å². The number of pyridine rings is 1. The fourth-order valence-corrected chi connectivity index (χ4v) is 1.62. The summed E-state index contributed by atoms with van der Waals surface area (Å²) in [7, 11) is 1.60. The maximum absolute atomic E-state index is 11.5. The molecule has 5 nitrogen and oxygen atoms in total. The van der Waals surface area contributed by atoms with E-state index < -0.39 is 0 Å². The molecule has 0 unspecified atom stereocenters. The number of methoxy groups -OCH3 is 1. The van der Waals surface area contributed by atoms with Crippen LogP contribution in [0.15, 0.2) is 30.6 Å². The molecular weight excluding hydrogens is 230 g/mol. The van der Waals surface area contributed by atoms with E-state index in [1.807, 2.05) is 18.3 Å². The van der Waals surface area contributed by atoms with Crippen molar-refractivity contribution in [3.63, 3.8) is 0 Å². The quantitative estimate of drug-likeness (QED) is 0.617. The van der Waals surface area contributed by atoms with Crippen molar-refractivity contribution in [3.8, 4) is 0 Å². The highest BCUT2D eigenvalue weighted by atomic mass is 16.5. The molecule has 2 aromatic rings. The smallest absolute Gasteiger partial charge is 0.244 e. The normalized spacial score (nSPS) is 11.2. The van der Waals surface area contributed by atoms with Gasteiger partial charge in [-0.05, 0) is 18.2 Å². The van der Waals surface area contributed by atoms with Gasteiger partial charge in [0.1, 0.15) is 5.65 Å². The average Bonchev–Trinajstić information content (AvgIpc) is 2.80. The Morgan fingerprint density at radius 1 is 1.61 bits per heavy atom. The Balaban J connectivity index is 2.02. The molecule has 5 heteroatoms. The van der Waals surface area contributed by atoms with Crippen LogP contribution in [-0.4, -0.2) is 36.1 Å². The van der Waals surface area contributed by atoms with Crippen molar-refractivity contribution >= 4 is 23.0 Å². The average molecular weight is 245 g/mol. The van der Waals surface area contributed by atoms with Gasteiger partial charge < -0.3 is 15.0 Å². The number of nitrogens with one attached hydrogen (secondary N) is 2. The maximum Gasteiger partial charge on any atom is 0.244 e. The fourth-order valence-electron chi connectivity index (χ4n) is 1.62. The molecule has 0 aliphatic rings. The number of nitrogens with zero attached hydrogens (tertiary/aromatic N) is 1.